The third kappa shape index (κ3) is 2.95. The highest BCUT2D eigenvalue weighted by atomic mass is 16.3. The predicted molar refractivity (Wildman–Crippen MR) is 65.4 cm³/mol. The minimum atomic E-state index is -0.0622. The Hall–Kier alpha value is -1.09. The van der Waals surface area contributed by atoms with Crippen molar-refractivity contribution in [2.75, 3.05) is 11.9 Å². The largest absolute Gasteiger partial charge is 0.393 e. The monoisotopic (exact) mass is 220 g/mol. The van der Waals surface area contributed by atoms with Crippen LogP contribution in [0.1, 0.15) is 31.2 Å². The van der Waals surface area contributed by atoms with Crippen LogP contribution in [0.5, 0.6) is 0 Å². The van der Waals surface area contributed by atoms with E-state index in [9.17, 15) is 5.11 Å². The average Bonchev–Trinajstić information content (AvgIpc) is 2.30. The topological polar surface area (TPSA) is 45.2 Å². The first kappa shape index (κ1) is 11.4. The molecule has 0 amide bonds. The van der Waals surface area contributed by atoms with Crippen LogP contribution in [0.4, 0.5) is 5.82 Å². The highest BCUT2D eigenvalue weighted by Crippen LogP contribution is 2.24. The Morgan fingerprint density at radius 1 is 1.38 bits per heavy atom. The normalized spacial score (nSPS) is 25.4. The zero-order valence-electron chi connectivity index (χ0n) is 9.82. The zero-order valence-corrected chi connectivity index (χ0v) is 9.82. The summed E-state index contributed by atoms with van der Waals surface area (Å²) in [6.45, 7) is 3.05. The van der Waals surface area contributed by atoms with Gasteiger partial charge in [0.15, 0.2) is 0 Å². The van der Waals surface area contributed by atoms with E-state index in [2.05, 4.69) is 23.3 Å². The number of rotatable bonds is 3. The van der Waals surface area contributed by atoms with Gasteiger partial charge in [0.25, 0.3) is 0 Å². The van der Waals surface area contributed by atoms with Gasteiger partial charge in [0.2, 0.25) is 0 Å². The number of nitrogens with zero attached hydrogens (tertiary/aromatic N) is 1. The molecule has 1 fully saturated rings. The molecule has 1 aromatic heterocycles. The van der Waals surface area contributed by atoms with Crippen molar-refractivity contribution in [2.24, 2.45) is 5.92 Å². The van der Waals surface area contributed by atoms with E-state index in [-0.39, 0.29) is 6.10 Å². The van der Waals surface area contributed by atoms with Crippen LogP contribution in [0.3, 0.4) is 0 Å². The van der Waals surface area contributed by atoms with Gasteiger partial charge in [0, 0.05) is 12.7 Å². The molecular formula is C13H20N2O. The van der Waals surface area contributed by atoms with Gasteiger partial charge in [-0.1, -0.05) is 6.07 Å². The van der Waals surface area contributed by atoms with Crippen molar-refractivity contribution in [2.45, 2.75) is 38.7 Å². The number of pyridine rings is 1. The molecule has 0 aliphatic heterocycles. The number of nitrogens with one attached hydrogen (secondary N) is 1. The van der Waals surface area contributed by atoms with Gasteiger partial charge in [-0.3, -0.25) is 0 Å². The minimum absolute atomic E-state index is 0.0622. The maximum absolute atomic E-state index is 9.42. The van der Waals surface area contributed by atoms with Gasteiger partial charge in [-0.25, -0.2) is 4.98 Å². The fourth-order valence-electron chi connectivity index (χ4n) is 2.26. The number of hydrogen-bond donors (Lipinski definition) is 2. The lowest BCUT2D eigenvalue weighted by Crippen LogP contribution is -2.23. The Bertz CT molecular complexity index is 332. The molecule has 2 N–H and O–H groups in total. The van der Waals surface area contributed by atoms with E-state index < -0.39 is 0 Å². The lowest BCUT2D eigenvalue weighted by Gasteiger charge is -2.25. The number of aliphatic hydroxyl groups is 1. The molecule has 0 saturated heterocycles. The van der Waals surface area contributed by atoms with Gasteiger partial charge in [-0.15, -0.1) is 0 Å². The first-order valence-corrected chi connectivity index (χ1v) is 6.09. The van der Waals surface area contributed by atoms with E-state index in [1.807, 2.05) is 12.3 Å². The van der Waals surface area contributed by atoms with Crippen LogP contribution in [0, 0.1) is 12.8 Å². The van der Waals surface area contributed by atoms with Gasteiger partial charge in [0.1, 0.15) is 5.82 Å². The molecule has 0 unspecified atom stereocenters. The Kier molecular flexibility index (Phi) is 3.78. The van der Waals surface area contributed by atoms with E-state index in [0.29, 0.717) is 5.92 Å². The molecule has 1 saturated carbocycles. The summed E-state index contributed by atoms with van der Waals surface area (Å²) in [7, 11) is 0. The molecule has 2 rings (SSSR count). The molecular weight excluding hydrogens is 200 g/mol. The summed E-state index contributed by atoms with van der Waals surface area (Å²) in [5.74, 6) is 1.68. The molecule has 3 nitrogen and oxygen atoms in total. The molecule has 0 bridgehead atoms. The summed E-state index contributed by atoms with van der Waals surface area (Å²) in [6, 6.07) is 4.03. The summed E-state index contributed by atoms with van der Waals surface area (Å²) >= 11 is 0. The van der Waals surface area contributed by atoms with E-state index >= 15 is 0 Å². The highest BCUT2D eigenvalue weighted by Gasteiger charge is 2.19. The first-order chi connectivity index (χ1) is 7.75. The molecule has 0 radical (unpaired) electrons. The van der Waals surface area contributed by atoms with E-state index in [4.69, 9.17) is 0 Å². The van der Waals surface area contributed by atoms with Crippen molar-refractivity contribution < 1.29 is 5.11 Å². The maximum atomic E-state index is 9.42. The van der Waals surface area contributed by atoms with Crippen molar-refractivity contribution in [1.82, 2.24) is 4.98 Å². The Morgan fingerprint density at radius 3 is 2.81 bits per heavy atom. The summed E-state index contributed by atoms with van der Waals surface area (Å²) < 4.78 is 0. The minimum Gasteiger partial charge on any atom is -0.393 e. The van der Waals surface area contributed by atoms with Gasteiger partial charge < -0.3 is 10.4 Å². The van der Waals surface area contributed by atoms with Crippen molar-refractivity contribution >= 4 is 5.82 Å². The van der Waals surface area contributed by atoms with Gasteiger partial charge in [0.05, 0.1) is 6.10 Å². The Balaban J connectivity index is 1.81. The van der Waals surface area contributed by atoms with Crippen LogP contribution in [0.15, 0.2) is 18.3 Å². The molecule has 1 aromatic rings. The van der Waals surface area contributed by atoms with Crippen LogP contribution in [0.2, 0.25) is 0 Å². The SMILES string of the molecule is Cc1cccnc1NCC1CCC(O)CC1. The number of anilines is 1. The molecule has 1 aliphatic carbocycles. The average molecular weight is 220 g/mol. The molecule has 88 valence electrons. The Morgan fingerprint density at radius 2 is 2.12 bits per heavy atom. The van der Waals surface area contributed by atoms with Crippen LogP contribution < -0.4 is 5.32 Å². The summed E-state index contributed by atoms with van der Waals surface area (Å²) in [5, 5.41) is 12.8. The molecule has 16 heavy (non-hydrogen) atoms. The van der Waals surface area contributed by atoms with Crippen LogP contribution >= 0.6 is 0 Å². The lowest BCUT2D eigenvalue weighted by atomic mass is 9.87. The standard InChI is InChI=1S/C13H20N2O/c1-10-3-2-8-14-13(10)15-9-11-4-6-12(16)7-5-11/h2-3,8,11-12,16H,4-7,9H2,1H3,(H,14,15). The Labute approximate surface area is 96.9 Å². The van der Waals surface area contributed by atoms with E-state index in [0.717, 1.165) is 38.0 Å². The van der Waals surface area contributed by atoms with Gasteiger partial charge in [-0.05, 0) is 50.2 Å². The maximum Gasteiger partial charge on any atom is 0.128 e. The number of aryl methyl sites for hydroxylation is 1. The second-order valence-electron chi connectivity index (χ2n) is 4.72. The quantitative estimate of drug-likeness (QED) is 0.822. The molecule has 0 atom stereocenters. The van der Waals surface area contributed by atoms with Crippen molar-refractivity contribution in [1.29, 1.82) is 0 Å². The van der Waals surface area contributed by atoms with Crippen LogP contribution in [0.25, 0.3) is 0 Å². The van der Waals surface area contributed by atoms with E-state index in [1.54, 1.807) is 0 Å². The van der Waals surface area contributed by atoms with Crippen molar-refractivity contribution in [3.63, 3.8) is 0 Å². The molecule has 0 spiro atoms. The smallest absolute Gasteiger partial charge is 0.128 e. The molecule has 1 heterocycles. The molecule has 1 aliphatic rings. The number of aliphatic hydroxyl groups excluding tert-OH is 1. The molecule has 3 heteroatoms. The second-order valence-corrected chi connectivity index (χ2v) is 4.72. The van der Waals surface area contributed by atoms with Crippen LogP contribution in [-0.4, -0.2) is 22.7 Å². The summed E-state index contributed by atoms with van der Waals surface area (Å²) in [4.78, 5) is 4.32. The predicted octanol–water partition coefficient (Wildman–Crippen LogP) is 2.35. The zero-order chi connectivity index (χ0) is 11.4. The molecule has 0 aromatic carbocycles. The van der Waals surface area contributed by atoms with Gasteiger partial charge >= 0.3 is 0 Å². The number of aromatic nitrogens is 1. The lowest BCUT2D eigenvalue weighted by molar-refractivity contribution is 0.111. The second kappa shape index (κ2) is 5.30. The van der Waals surface area contributed by atoms with E-state index in [1.165, 1.54) is 5.56 Å². The van der Waals surface area contributed by atoms with Crippen molar-refractivity contribution in [3.8, 4) is 0 Å². The summed E-state index contributed by atoms with van der Waals surface area (Å²) in [5.41, 5.74) is 1.19. The van der Waals surface area contributed by atoms with Crippen molar-refractivity contribution in [3.05, 3.63) is 23.9 Å². The fourth-order valence-corrected chi connectivity index (χ4v) is 2.26. The first-order valence-electron chi connectivity index (χ1n) is 6.09. The number of hydrogen-bond acceptors (Lipinski definition) is 3. The third-order valence-corrected chi connectivity index (χ3v) is 3.38. The highest BCUT2D eigenvalue weighted by molar-refractivity contribution is 5.42. The summed E-state index contributed by atoms with van der Waals surface area (Å²) in [6.07, 6.45) is 5.91. The van der Waals surface area contributed by atoms with Gasteiger partial charge in [-0.2, -0.15) is 0 Å². The fraction of sp³-hybridized carbons (Fsp3) is 0.615. The third-order valence-electron chi connectivity index (χ3n) is 3.38. The van der Waals surface area contributed by atoms with Crippen LogP contribution in [-0.2, 0) is 0 Å².